The molecule has 0 aromatic heterocycles. The Bertz CT molecular complexity index is 593. The molecular weight excluding hydrogens is 307 g/mol. The van der Waals surface area contributed by atoms with Gasteiger partial charge in [0.15, 0.2) is 0 Å². The lowest BCUT2D eigenvalue weighted by molar-refractivity contribution is 0.289. The third kappa shape index (κ3) is 3.95. The molecule has 2 rings (SSSR count). The predicted molar refractivity (Wildman–Crippen MR) is 101 cm³/mol. The van der Waals surface area contributed by atoms with Gasteiger partial charge in [-0.1, -0.05) is 91.5 Å². The summed E-state index contributed by atoms with van der Waals surface area (Å²) >= 11 is 6.25. The molecule has 1 N–H and O–H groups in total. The summed E-state index contributed by atoms with van der Waals surface area (Å²) in [5.41, 5.74) is 0.297. The number of rotatable bonds is 7. The van der Waals surface area contributed by atoms with E-state index >= 15 is 0 Å². The molecule has 2 aromatic carbocycles. The lowest BCUT2D eigenvalue weighted by Crippen LogP contribution is -2.22. The minimum absolute atomic E-state index is 0.240. The topological polar surface area (TPSA) is 20.2 Å². The number of aliphatic hydroxyl groups is 1. The van der Waals surface area contributed by atoms with Crippen LogP contribution in [0.4, 0.5) is 0 Å². The number of benzene rings is 2. The molecule has 0 aliphatic rings. The van der Waals surface area contributed by atoms with Crippen LogP contribution in [0.3, 0.4) is 0 Å². The molecule has 1 atom stereocenters. The molecule has 0 amide bonds. The number of hydrogen-bond donors (Lipinski definition) is 1. The summed E-state index contributed by atoms with van der Waals surface area (Å²) in [5.74, 6) is 0. The summed E-state index contributed by atoms with van der Waals surface area (Å²) in [7, 11) is 0. The molecule has 0 heterocycles. The minimum atomic E-state index is -1.88. The van der Waals surface area contributed by atoms with E-state index in [4.69, 9.17) is 16.9 Å². The second kappa shape index (κ2) is 8.43. The molecule has 1 unspecified atom stereocenters. The maximum Gasteiger partial charge on any atom is 0.0433 e. The van der Waals surface area contributed by atoms with Gasteiger partial charge >= 0.3 is 0 Å². The Labute approximate surface area is 138 Å². The maximum absolute atomic E-state index is 8.90. The first-order valence-corrected chi connectivity index (χ1v) is 10.5. The van der Waals surface area contributed by atoms with E-state index in [1.54, 1.807) is 0 Å². The third-order valence-electron chi connectivity index (χ3n) is 3.80. The lowest BCUT2D eigenvalue weighted by atomic mass is 10.3. The highest BCUT2D eigenvalue weighted by molar-refractivity contribution is 8.22. The van der Waals surface area contributed by atoms with Crippen LogP contribution in [-0.2, 0) is 11.8 Å². The zero-order valence-corrected chi connectivity index (χ0v) is 14.6. The van der Waals surface area contributed by atoms with Crippen molar-refractivity contribution in [3.63, 3.8) is 0 Å². The summed E-state index contributed by atoms with van der Waals surface area (Å²) in [6.07, 6.45) is 6.10. The fraction of sp³-hybridized carbons (Fsp3) is 0.263. The zero-order chi connectivity index (χ0) is 15.8. The summed E-state index contributed by atoms with van der Waals surface area (Å²) in [6, 6.07) is 19.1. The summed E-state index contributed by atoms with van der Waals surface area (Å²) in [6.45, 7) is 2.46. The van der Waals surface area contributed by atoms with E-state index in [1.165, 1.54) is 10.6 Å². The highest BCUT2D eigenvalue weighted by Gasteiger charge is 2.26. The standard InChI is InChI=1S/C19H23OPS/c1-17(11-5-4-10-16-20)21(22,18-12-6-2-7-13-18)19-14-8-3-9-15-19/h2-3,5-9,11-15,17,20H,4,10,16H2,1H3/b11-5+. The molecule has 116 valence electrons. The molecule has 2 aromatic rings. The molecular formula is C19H23OPS. The summed E-state index contributed by atoms with van der Waals surface area (Å²) < 4.78 is 0. The van der Waals surface area contributed by atoms with Crippen LogP contribution in [0.25, 0.3) is 0 Å². The van der Waals surface area contributed by atoms with Gasteiger partial charge in [0.1, 0.15) is 0 Å². The molecule has 0 radical (unpaired) electrons. The Hall–Kier alpha value is -1.21. The third-order valence-corrected chi connectivity index (χ3v) is 9.51. The summed E-state index contributed by atoms with van der Waals surface area (Å²) in [5, 5.41) is 11.4. The van der Waals surface area contributed by atoms with E-state index < -0.39 is 6.04 Å². The van der Waals surface area contributed by atoms with Crippen LogP contribution < -0.4 is 10.6 Å². The van der Waals surface area contributed by atoms with Gasteiger partial charge in [-0.3, -0.25) is 0 Å². The van der Waals surface area contributed by atoms with E-state index in [2.05, 4.69) is 67.6 Å². The van der Waals surface area contributed by atoms with Crippen molar-refractivity contribution in [3.8, 4) is 0 Å². The van der Waals surface area contributed by atoms with Gasteiger partial charge in [0.2, 0.25) is 0 Å². The highest BCUT2D eigenvalue weighted by atomic mass is 32.4. The molecule has 0 saturated carbocycles. The minimum Gasteiger partial charge on any atom is -0.396 e. The first kappa shape index (κ1) is 17.1. The van der Waals surface area contributed by atoms with Crippen molar-refractivity contribution in [3.05, 3.63) is 72.8 Å². The fourth-order valence-electron chi connectivity index (χ4n) is 2.54. The fourth-order valence-corrected chi connectivity index (χ4v) is 6.32. The van der Waals surface area contributed by atoms with E-state index in [-0.39, 0.29) is 6.61 Å². The first-order chi connectivity index (χ1) is 10.7. The molecule has 0 fully saturated rings. The normalized spacial score (nSPS) is 13.4. The van der Waals surface area contributed by atoms with Gasteiger partial charge in [-0.05, 0) is 23.5 Å². The van der Waals surface area contributed by atoms with Crippen LogP contribution in [-0.4, -0.2) is 17.4 Å². The van der Waals surface area contributed by atoms with Crippen LogP contribution in [0.2, 0.25) is 0 Å². The van der Waals surface area contributed by atoms with E-state index in [9.17, 15) is 0 Å². The van der Waals surface area contributed by atoms with Gasteiger partial charge in [-0.2, -0.15) is 0 Å². The van der Waals surface area contributed by atoms with E-state index in [0.29, 0.717) is 5.66 Å². The molecule has 0 spiro atoms. The SMILES string of the molecule is CC(/C=C/CCCO)P(=S)(c1ccccc1)c1ccccc1. The van der Waals surface area contributed by atoms with Gasteiger partial charge in [-0.25, -0.2) is 0 Å². The van der Waals surface area contributed by atoms with Crippen molar-refractivity contribution in [1.29, 1.82) is 0 Å². The zero-order valence-electron chi connectivity index (χ0n) is 12.9. The molecule has 0 aliphatic heterocycles. The Morgan fingerprint density at radius 2 is 1.50 bits per heavy atom. The van der Waals surface area contributed by atoms with E-state index in [1.807, 2.05) is 12.1 Å². The van der Waals surface area contributed by atoms with Crippen molar-refractivity contribution in [2.75, 3.05) is 6.61 Å². The predicted octanol–water partition coefficient (Wildman–Crippen LogP) is 3.83. The molecule has 22 heavy (non-hydrogen) atoms. The lowest BCUT2D eigenvalue weighted by Gasteiger charge is -2.28. The van der Waals surface area contributed by atoms with Crippen LogP contribution in [0.5, 0.6) is 0 Å². The van der Waals surface area contributed by atoms with Crippen LogP contribution in [0.1, 0.15) is 19.8 Å². The summed E-state index contributed by atoms with van der Waals surface area (Å²) in [4.78, 5) is 0. The first-order valence-electron chi connectivity index (χ1n) is 7.68. The smallest absolute Gasteiger partial charge is 0.0433 e. The van der Waals surface area contributed by atoms with Crippen LogP contribution in [0, 0.1) is 0 Å². The Morgan fingerprint density at radius 3 is 1.95 bits per heavy atom. The second-order valence-electron chi connectivity index (χ2n) is 5.36. The number of allylic oxidation sites excluding steroid dienone is 2. The van der Waals surface area contributed by atoms with Crippen molar-refractivity contribution >= 4 is 28.5 Å². The average molecular weight is 330 g/mol. The number of aliphatic hydroxyl groups excluding tert-OH is 1. The van der Waals surface area contributed by atoms with E-state index in [0.717, 1.165) is 12.8 Å². The molecule has 0 saturated heterocycles. The van der Waals surface area contributed by atoms with Gasteiger partial charge in [0, 0.05) is 18.3 Å². The molecule has 1 nitrogen and oxygen atoms in total. The highest BCUT2D eigenvalue weighted by Crippen LogP contribution is 2.49. The quantitative estimate of drug-likeness (QED) is 0.473. The number of hydrogen-bond acceptors (Lipinski definition) is 2. The largest absolute Gasteiger partial charge is 0.396 e. The maximum atomic E-state index is 8.90. The van der Waals surface area contributed by atoms with Gasteiger partial charge in [0.05, 0.1) is 0 Å². The molecule has 0 aliphatic carbocycles. The van der Waals surface area contributed by atoms with Crippen LogP contribution in [0.15, 0.2) is 72.8 Å². The van der Waals surface area contributed by atoms with Crippen molar-refractivity contribution in [2.45, 2.75) is 25.4 Å². The average Bonchev–Trinajstić information content (AvgIpc) is 2.59. The Morgan fingerprint density at radius 1 is 1.00 bits per heavy atom. The second-order valence-corrected chi connectivity index (χ2v) is 10.3. The molecule has 0 bridgehead atoms. The van der Waals surface area contributed by atoms with Gasteiger partial charge in [-0.15, -0.1) is 0 Å². The van der Waals surface area contributed by atoms with Gasteiger partial charge in [0.25, 0.3) is 0 Å². The van der Waals surface area contributed by atoms with Crippen molar-refractivity contribution < 1.29 is 5.11 Å². The number of unbranched alkanes of at least 4 members (excludes halogenated alkanes) is 1. The van der Waals surface area contributed by atoms with Crippen LogP contribution >= 0.6 is 6.04 Å². The van der Waals surface area contributed by atoms with Crippen molar-refractivity contribution in [1.82, 2.24) is 0 Å². The Kier molecular flexibility index (Phi) is 6.57. The van der Waals surface area contributed by atoms with Crippen molar-refractivity contribution in [2.24, 2.45) is 0 Å². The monoisotopic (exact) mass is 330 g/mol. The Balaban J connectivity index is 2.39. The molecule has 3 heteroatoms. The van der Waals surface area contributed by atoms with Gasteiger partial charge < -0.3 is 5.11 Å².